The number of hydrogen-bond donors (Lipinski definition) is 2. The van der Waals surface area contributed by atoms with Crippen molar-refractivity contribution < 1.29 is 27.8 Å². The Morgan fingerprint density at radius 1 is 1.45 bits per heavy atom. The fourth-order valence-electron chi connectivity index (χ4n) is 3.98. The molecule has 2 unspecified atom stereocenters. The van der Waals surface area contributed by atoms with Crippen LogP contribution in [0.15, 0.2) is 23.1 Å². The summed E-state index contributed by atoms with van der Waals surface area (Å²) in [7, 11) is 0. The number of benzene rings is 1. The van der Waals surface area contributed by atoms with Crippen LogP contribution in [0.2, 0.25) is 0 Å². The predicted octanol–water partition coefficient (Wildman–Crippen LogP) is 4.63. The second-order valence-electron chi connectivity index (χ2n) is 7.08. The summed E-state index contributed by atoms with van der Waals surface area (Å²) in [5, 5.41) is 17.3. The minimum Gasteiger partial charge on any atom is -0.476 e. The maximum absolute atomic E-state index is 12.6. The van der Waals surface area contributed by atoms with Gasteiger partial charge < -0.3 is 15.2 Å². The first-order valence-electron chi connectivity index (χ1n) is 9.41. The Bertz CT molecular complexity index is 939. The number of nitrogens with one attached hydrogen (secondary N) is 1. The molecular formula is C19H20F3N3O3S. The van der Waals surface area contributed by atoms with Gasteiger partial charge in [0.1, 0.15) is 5.75 Å². The molecular weight excluding hydrogens is 407 g/mol. The summed E-state index contributed by atoms with van der Waals surface area (Å²) in [5.74, 6) is -1.38. The minimum absolute atomic E-state index is 0.00911. The fourth-order valence-corrected chi connectivity index (χ4v) is 5.27. The van der Waals surface area contributed by atoms with Crippen LogP contribution in [0, 0.1) is 0 Å². The molecule has 10 heteroatoms. The van der Waals surface area contributed by atoms with Gasteiger partial charge in [0, 0.05) is 27.8 Å². The molecule has 1 saturated heterocycles. The molecule has 2 atom stereocenters. The molecule has 6 nitrogen and oxygen atoms in total. The van der Waals surface area contributed by atoms with Crippen LogP contribution in [0.5, 0.6) is 5.75 Å². The van der Waals surface area contributed by atoms with E-state index in [0.29, 0.717) is 34.7 Å². The molecule has 1 fully saturated rings. The molecule has 3 heterocycles. The van der Waals surface area contributed by atoms with Crippen LogP contribution in [0.1, 0.15) is 53.5 Å². The summed E-state index contributed by atoms with van der Waals surface area (Å²) >= 11 is 1.35. The Morgan fingerprint density at radius 3 is 2.86 bits per heavy atom. The van der Waals surface area contributed by atoms with Crippen LogP contribution in [-0.4, -0.2) is 40.3 Å². The van der Waals surface area contributed by atoms with Gasteiger partial charge in [-0.3, -0.25) is 4.68 Å². The molecule has 2 aromatic rings. The van der Waals surface area contributed by atoms with E-state index < -0.39 is 12.3 Å². The molecule has 2 N–H and O–H groups in total. The largest absolute Gasteiger partial charge is 0.573 e. The number of aromatic carboxylic acids is 1. The number of halogens is 3. The molecule has 2 aliphatic rings. The Hall–Kier alpha value is -2.20. The Labute approximate surface area is 169 Å². The second kappa shape index (κ2) is 7.56. The van der Waals surface area contributed by atoms with E-state index in [1.54, 1.807) is 10.7 Å². The highest BCUT2D eigenvalue weighted by Crippen LogP contribution is 2.53. The van der Waals surface area contributed by atoms with E-state index in [4.69, 9.17) is 0 Å². The van der Waals surface area contributed by atoms with Gasteiger partial charge in [0.15, 0.2) is 5.69 Å². The van der Waals surface area contributed by atoms with Gasteiger partial charge in [0.25, 0.3) is 0 Å². The average Bonchev–Trinajstić information content (AvgIpc) is 3.08. The first-order chi connectivity index (χ1) is 13.8. The second-order valence-corrected chi connectivity index (χ2v) is 8.33. The third kappa shape index (κ3) is 3.83. The van der Waals surface area contributed by atoms with E-state index in [-0.39, 0.29) is 22.7 Å². The zero-order valence-electron chi connectivity index (χ0n) is 15.6. The fraction of sp³-hybridized carbons (Fsp3) is 0.474. The summed E-state index contributed by atoms with van der Waals surface area (Å²) in [6.07, 6.45) is -2.35. The number of hydrogen-bond acceptors (Lipinski definition) is 5. The number of ether oxygens (including phenoxy) is 1. The van der Waals surface area contributed by atoms with Gasteiger partial charge in [0.2, 0.25) is 0 Å². The van der Waals surface area contributed by atoms with Gasteiger partial charge in [-0.15, -0.1) is 24.9 Å². The van der Waals surface area contributed by atoms with E-state index in [1.807, 2.05) is 6.92 Å². The smallest absolute Gasteiger partial charge is 0.476 e. The lowest BCUT2D eigenvalue weighted by molar-refractivity contribution is -0.274. The van der Waals surface area contributed by atoms with Crippen molar-refractivity contribution in [3.63, 3.8) is 0 Å². The van der Waals surface area contributed by atoms with E-state index in [9.17, 15) is 23.1 Å². The van der Waals surface area contributed by atoms with E-state index in [2.05, 4.69) is 15.2 Å². The number of carboxylic acid groups (broad SMARTS) is 1. The highest BCUT2D eigenvalue weighted by atomic mass is 32.2. The number of carbonyl (C=O) groups is 1. The maximum atomic E-state index is 12.6. The number of piperidine rings is 1. The quantitative estimate of drug-likeness (QED) is 0.741. The average molecular weight is 427 g/mol. The van der Waals surface area contributed by atoms with Crippen LogP contribution in [-0.2, 0) is 0 Å². The first-order valence-corrected chi connectivity index (χ1v) is 10.3. The number of carboxylic acids is 1. The molecule has 29 heavy (non-hydrogen) atoms. The zero-order valence-corrected chi connectivity index (χ0v) is 16.4. The molecule has 156 valence electrons. The summed E-state index contributed by atoms with van der Waals surface area (Å²) < 4.78 is 43.8. The van der Waals surface area contributed by atoms with Crippen LogP contribution in [0.25, 0.3) is 11.3 Å². The van der Waals surface area contributed by atoms with Crippen LogP contribution in [0.3, 0.4) is 0 Å². The van der Waals surface area contributed by atoms with Crippen LogP contribution >= 0.6 is 11.8 Å². The third-order valence-corrected chi connectivity index (χ3v) is 6.62. The molecule has 0 spiro atoms. The van der Waals surface area contributed by atoms with Crippen molar-refractivity contribution in [2.24, 2.45) is 0 Å². The van der Waals surface area contributed by atoms with Gasteiger partial charge >= 0.3 is 12.3 Å². The number of thioether (sulfide) groups is 1. The van der Waals surface area contributed by atoms with Crippen molar-refractivity contribution in [2.45, 2.75) is 48.7 Å². The van der Waals surface area contributed by atoms with Crippen molar-refractivity contribution in [1.82, 2.24) is 15.1 Å². The molecule has 0 saturated carbocycles. The monoisotopic (exact) mass is 427 g/mol. The topological polar surface area (TPSA) is 76.4 Å². The summed E-state index contributed by atoms with van der Waals surface area (Å²) in [6, 6.07) is 4.19. The lowest BCUT2D eigenvalue weighted by atomic mass is 9.99. The highest BCUT2D eigenvalue weighted by molar-refractivity contribution is 7.99. The van der Waals surface area contributed by atoms with Crippen molar-refractivity contribution in [3.05, 3.63) is 29.5 Å². The van der Waals surface area contributed by atoms with Crippen molar-refractivity contribution in [3.8, 4) is 17.0 Å². The number of aromatic nitrogens is 2. The molecule has 0 bridgehead atoms. The number of fused-ring (bicyclic) bond motifs is 3. The van der Waals surface area contributed by atoms with Gasteiger partial charge in [-0.05, 0) is 44.0 Å². The van der Waals surface area contributed by atoms with Crippen LogP contribution in [0.4, 0.5) is 13.2 Å². The molecule has 4 rings (SSSR count). The summed E-state index contributed by atoms with van der Waals surface area (Å²) in [4.78, 5) is 12.5. The SMILES string of the molecule is CCC1Sc2cc(OC(F)(F)F)ccc2-c2c1c(C(=O)O)nn2C1CCCNC1. The van der Waals surface area contributed by atoms with Gasteiger partial charge in [-0.2, -0.15) is 5.10 Å². The summed E-state index contributed by atoms with van der Waals surface area (Å²) in [6.45, 7) is 3.49. The van der Waals surface area contributed by atoms with E-state index in [0.717, 1.165) is 19.4 Å². The number of alkyl halides is 3. The number of rotatable bonds is 4. The standard InChI is InChI=1S/C19H20F3N3O3S/c1-2-13-15-16(18(26)27)24-25(10-4-3-7-23-9-10)17(15)12-6-5-11(8-14(12)29-13)28-19(20,21)22/h5-6,8,10,13,23H,2-4,7,9H2,1H3,(H,26,27). The lowest BCUT2D eigenvalue weighted by Gasteiger charge is -2.29. The first kappa shape index (κ1) is 20.1. The third-order valence-electron chi connectivity index (χ3n) is 5.17. The molecule has 1 aromatic carbocycles. The lowest BCUT2D eigenvalue weighted by Crippen LogP contribution is -2.32. The summed E-state index contributed by atoms with van der Waals surface area (Å²) in [5.41, 5.74) is 2.05. The molecule has 0 amide bonds. The molecule has 2 aliphatic heterocycles. The Kier molecular flexibility index (Phi) is 5.24. The van der Waals surface area contributed by atoms with E-state index in [1.165, 1.54) is 23.9 Å². The Balaban J connectivity index is 1.87. The van der Waals surface area contributed by atoms with Crippen LogP contribution < -0.4 is 10.1 Å². The molecule has 0 radical (unpaired) electrons. The normalized spacial score (nSPS) is 21.4. The molecule has 1 aromatic heterocycles. The van der Waals surface area contributed by atoms with Crippen molar-refractivity contribution in [1.29, 1.82) is 0 Å². The molecule has 0 aliphatic carbocycles. The van der Waals surface area contributed by atoms with Gasteiger partial charge in [-0.1, -0.05) is 6.92 Å². The van der Waals surface area contributed by atoms with Crippen molar-refractivity contribution in [2.75, 3.05) is 13.1 Å². The maximum Gasteiger partial charge on any atom is 0.573 e. The zero-order chi connectivity index (χ0) is 20.8. The van der Waals surface area contributed by atoms with Crippen molar-refractivity contribution >= 4 is 17.7 Å². The predicted molar refractivity (Wildman–Crippen MR) is 101 cm³/mol. The van der Waals surface area contributed by atoms with E-state index >= 15 is 0 Å². The van der Waals surface area contributed by atoms with Gasteiger partial charge in [0.05, 0.1) is 11.7 Å². The number of nitrogens with zero attached hydrogens (tertiary/aromatic N) is 2. The highest BCUT2D eigenvalue weighted by Gasteiger charge is 2.37. The van der Waals surface area contributed by atoms with Gasteiger partial charge in [-0.25, -0.2) is 4.79 Å². The Morgan fingerprint density at radius 2 is 2.24 bits per heavy atom. The minimum atomic E-state index is -4.77.